The summed E-state index contributed by atoms with van der Waals surface area (Å²) in [6, 6.07) is 2.80. The van der Waals surface area contributed by atoms with Gasteiger partial charge in [-0.1, -0.05) is 38.3 Å². The summed E-state index contributed by atoms with van der Waals surface area (Å²) in [6.07, 6.45) is 15.6. The molecule has 0 aromatic carbocycles. The molecule has 7 aliphatic carbocycles. The van der Waals surface area contributed by atoms with Crippen LogP contribution in [0.5, 0.6) is 0 Å². The number of esters is 1. The Bertz CT molecular complexity index is 2730. The molecular weight excluding hydrogens is 937 g/mol. The van der Waals surface area contributed by atoms with E-state index in [9.17, 15) is 40.2 Å². The van der Waals surface area contributed by atoms with Crippen molar-refractivity contribution in [1.82, 2.24) is 19.9 Å². The van der Waals surface area contributed by atoms with Gasteiger partial charge in [0, 0.05) is 78.4 Å². The lowest BCUT2D eigenvalue weighted by Gasteiger charge is -2.62. The highest BCUT2D eigenvalue weighted by atomic mass is 16.5. The van der Waals surface area contributed by atoms with Gasteiger partial charge < -0.3 is 55.2 Å². The number of hydrogen-bond acceptors (Lipinski definition) is 11. The molecule has 74 heavy (non-hydrogen) atoms. The first-order valence-electron chi connectivity index (χ1n) is 28.0. The summed E-state index contributed by atoms with van der Waals surface area (Å²) in [6.45, 7) is 9.75. The van der Waals surface area contributed by atoms with Gasteiger partial charge in [-0.05, 0) is 161 Å². The van der Waals surface area contributed by atoms with Crippen molar-refractivity contribution < 1.29 is 49.8 Å². The molecule has 4 heterocycles. The van der Waals surface area contributed by atoms with Crippen molar-refractivity contribution in [2.24, 2.45) is 75.9 Å². The minimum Gasteiger partial charge on any atom is -0.465 e. The first-order chi connectivity index (χ1) is 35.3. The average molecular weight is 1020 g/mol. The molecule has 0 amide bonds. The number of H-pyrrole nitrogens is 2. The number of aryl methyl sites for hydroxylation is 1. The van der Waals surface area contributed by atoms with Crippen LogP contribution in [-0.4, -0.2) is 111 Å². The van der Waals surface area contributed by atoms with Crippen molar-refractivity contribution in [2.45, 2.75) is 166 Å². The fourth-order valence-electron chi connectivity index (χ4n) is 17.8. The second kappa shape index (κ2) is 19.2. The molecule has 400 valence electrons. The Balaban J connectivity index is 1.09. The van der Waals surface area contributed by atoms with E-state index in [0.717, 1.165) is 48.6 Å². The third-order valence-corrected chi connectivity index (χ3v) is 21.5. The number of allylic oxidation sites excluding steroid dienone is 3. The first kappa shape index (κ1) is 51.6. The Labute approximate surface area is 435 Å². The Morgan fingerprint density at radius 1 is 0.973 bits per heavy atom. The number of fused-ring (bicyclic) bond motifs is 11. The second-order valence-corrected chi connectivity index (χ2v) is 25.5. The van der Waals surface area contributed by atoms with Crippen LogP contribution in [0.1, 0.15) is 130 Å². The van der Waals surface area contributed by atoms with Crippen LogP contribution in [-0.2, 0) is 25.7 Å². The van der Waals surface area contributed by atoms with Gasteiger partial charge in [0.05, 0.1) is 59.9 Å². The maximum absolute atomic E-state index is 15.4. The van der Waals surface area contributed by atoms with Gasteiger partial charge in [0.1, 0.15) is 6.04 Å². The van der Waals surface area contributed by atoms with Crippen LogP contribution in [0, 0.1) is 87.8 Å². The fourth-order valence-corrected chi connectivity index (χ4v) is 17.8. The summed E-state index contributed by atoms with van der Waals surface area (Å²) in [5.74, 6) is 4.33. The summed E-state index contributed by atoms with van der Waals surface area (Å²) in [7, 11) is 0. The molecule has 0 spiro atoms. The zero-order valence-electron chi connectivity index (χ0n) is 43.9. The van der Waals surface area contributed by atoms with Crippen molar-refractivity contribution in [1.29, 1.82) is 0 Å². The molecule has 14 heteroatoms. The van der Waals surface area contributed by atoms with E-state index in [0.29, 0.717) is 49.6 Å². The van der Waals surface area contributed by atoms with Crippen LogP contribution >= 0.6 is 0 Å². The number of aliphatic hydroxyl groups is 6. The summed E-state index contributed by atoms with van der Waals surface area (Å²) in [4.78, 5) is 48.9. The van der Waals surface area contributed by atoms with Crippen LogP contribution < -0.4 is 5.32 Å². The number of cyclic esters (lactones) is 1. The number of aromatic nitrogens is 3. The van der Waals surface area contributed by atoms with Crippen LogP contribution in [0.2, 0.25) is 0 Å². The normalized spacial score (nSPS) is 43.6. The molecule has 0 radical (unpaired) electrons. The van der Waals surface area contributed by atoms with Gasteiger partial charge in [-0.15, -0.1) is 5.92 Å². The number of nitrogens with one attached hydrogen (secondary N) is 3. The van der Waals surface area contributed by atoms with Crippen molar-refractivity contribution in [3.8, 4) is 11.8 Å². The number of carbonyl (C=O) groups excluding carboxylic acids is 3. The number of ether oxygens (including phenoxy) is 1. The molecule has 0 bridgehead atoms. The minimum atomic E-state index is -1.82. The third-order valence-electron chi connectivity index (χ3n) is 21.5. The standard InChI is InChI=1S/C60H80N4O10/c1-32-9-10-35-11-12-40-33(2)22-50(69)58(5,72)55-37(8-6-7-36(23-42(40)41(35)21-32)43-31-74-56(71)51(43)38-14-18-61-27-38)25-60(73)52-44(13-16-59(55,60)17-20-64-28-39-15-19-62-46(39)29-64)57(4)26-49(68)48(67)24-45(57)54(70)53(52)63-47(30-65)34(3)66/h11,14-15,18-19,27-29,32-33,36-37,40-45,47-51,55,61-63,65,67-69,72-73H,8-10,12-13,16-17,20-26,30-31H2,1-5H3. The summed E-state index contributed by atoms with van der Waals surface area (Å²) >= 11 is 0. The van der Waals surface area contributed by atoms with Crippen molar-refractivity contribution in [3.05, 3.63) is 71.6 Å². The lowest BCUT2D eigenvalue weighted by molar-refractivity contribution is -0.191. The summed E-state index contributed by atoms with van der Waals surface area (Å²) in [5.41, 5.74) is -1.83. The number of aliphatic hydroxyl groups excluding tert-OH is 4. The number of Topliss-reactive ketones (excluding diaryl/α,β-unsaturated/α-hetero) is 2. The molecule has 14 nitrogen and oxygen atoms in total. The van der Waals surface area contributed by atoms with E-state index in [1.807, 2.05) is 43.8 Å². The van der Waals surface area contributed by atoms with Gasteiger partial charge in [-0.2, -0.15) is 0 Å². The minimum absolute atomic E-state index is 0.00205. The van der Waals surface area contributed by atoms with Crippen molar-refractivity contribution in [2.75, 3.05) is 13.2 Å². The van der Waals surface area contributed by atoms with Gasteiger partial charge in [-0.3, -0.25) is 14.4 Å². The van der Waals surface area contributed by atoms with Crippen LogP contribution in [0.15, 0.2) is 66.0 Å². The second-order valence-electron chi connectivity index (χ2n) is 25.5. The lowest BCUT2D eigenvalue weighted by atomic mass is 9.44. The SMILES string of the molecule is CC(=O)C(CO)NC1=C2C(CCC3(CCn4cc5cc[nH]c5c4)C4C(CC#CC(C5COC(=O)C5c5cc[nH]c5)CC5C6CC(C)CCC6=CCC5C(C)CC(O)C4(C)O)CC23O)C2(C)CC(O)C(O)CC2C1=O. The molecule has 3 aromatic rings. The van der Waals surface area contributed by atoms with Crippen molar-refractivity contribution in [3.63, 3.8) is 0 Å². The molecular formula is C60H80N4O10. The van der Waals surface area contributed by atoms with Gasteiger partial charge in [0.25, 0.3) is 0 Å². The number of hydrogen-bond donors (Lipinski definition) is 9. The third kappa shape index (κ3) is 8.23. The van der Waals surface area contributed by atoms with E-state index in [-0.39, 0.29) is 85.1 Å². The van der Waals surface area contributed by atoms with E-state index in [1.165, 1.54) is 12.5 Å². The van der Waals surface area contributed by atoms with E-state index >= 15 is 4.79 Å². The van der Waals surface area contributed by atoms with Gasteiger partial charge >= 0.3 is 5.97 Å². The highest BCUT2D eigenvalue weighted by Gasteiger charge is 2.74. The van der Waals surface area contributed by atoms with Gasteiger partial charge in [-0.25, -0.2) is 0 Å². The number of carbonyl (C=O) groups is 3. The smallest absolute Gasteiger partial charge is 0.313 e. The van der Waals surface area contributed by atoms with E-state index in [1.54, 1.807) is 6.92 Å². The molecule has 20 atom stereocenters. The predicted octanol–water partition coefficient (Wildman–Crippen LogP) is 6.47. The number of rotatable bonds is 9. The molecule has 1 saturated heterocycles. The topological polar surface area (TPSA) is 230 Å². The van der Waals surface area contributed by atoms with E-state index in [4.69, 9.17) is 4.74 Å². The molecule has 1 aliphatic heterocycles. The van der Waals surface area contributed by atoms with Crippen LogP contribution in [0.4, 0.5) is 0 Å². The van der Waals surface area contributed by atoms with Crippen LogP contribution in [0.3, 0.4) is 0 Å². The molecule has 11 rings (SSSR count). The highest BCUT2D eigenvalue weighted by molar-refractivity contribution is 6.00. The summed E-state index contributed by atoms with van der Waals surface area (Å²) in [5, 5.41) is 78.8. The predicted molar refractivity (Wildman–Crippen MR) is 277 cm³/mol. The van der Waals surface area contributed by atoms with E-state index in [2.05, 4.69) is 57.8 Å². The molecule has 3 aromatic heterocycles. The molecule has 4 saturated carbocycles. The van der Waals surface area contributed by atoms with Gasteiger partial charge in [0.2, 0.25) is 0 Å². The Hall–Kier alpha value is -4.49. The Kier molecular flexibility index (Phi) is 13.4. The lowest BCUT2D eigenvalue weighted by Crippen LogP contribution is -2.66. The summed E-state index contributed by atoms with van der Waals surface area (Å²) < 4.78 is 8.05. The fraction of sp³-hybridized carbons (Fsp3) is 0.683. The number of nitrogens with zero attached hydrogens (tertiary/aromatic N) is 1. The average Bonchev–Trinajstić information content (AvgIpc) is 4.27. The van der Waals surface area contributed by atoms with Crippen molar-refractivity contribution >= 4 is 28.4 Å². The maximum atomic E-state index is 15.4. The first-order valence-corrected chi connectivity index (χ1v) is 28.0. The number of ketones is 2. The largest absolute Gasteiger partial charge is 0.465 e. The Morgan fingerprint density at radius 3 is 2.53 bits per heavy atom. The maximum Gasteiger partial charge on any atom is 0.313 e. The highest BCUT2D eigenvalue weighted by Crippen LogP contribution is 2.72. The molecule has 9 N–H and O–H groups in total. The molecule has 8 aliphatic rings. The van der Waals surface area contributed by atoms with Gasteiger partial charge in [0.15, 0.2) is 11.6 Å². The number of aromatic amines is 2. The quantitative estimate of drug-likeness (QED) is 0.0641. The molecule has 20 unspecified atom stereocenters. The zero-order chi connectivity index (χ0) is 52.2. The van der Waals surface area contributed by atoms with Crippen LogP contribution in [0.25, 0.3) is 10.9 Å². The van der Waals surface area contributed by atoms with E-state index < -0.39 is 82.6 Å². The Morgan fingerprint density at radius 2 is 1.78 bits per heavy atom. The zero-order valence-corrected chi connectivity index (χ0v) is 43.9. The molecule has 5 fully saturated rings. The monoisotopic (exact) mass is 1020 g/mol.